The number of carbonyl (C=O) groups excluding carboxylic acids is 1. The van der Waals surface area contributed by atoms with Crippen LogP contribution in [-0.4, -0.2) is 31.7 Å². The molecule has 1 heterocycles. The third-order valence-electron chi connectivity index (χ3n) is 4.23. The minimum atomic E-state index is 0.0792. The molecule has 0 bridgehead atoms. The Morgan fingerprint density at radius 3 is 2.95 bits per heavy atom. The van der Waals surface area contributed by atoms with Gasteiger partial charge in [-0.3, -0.25) is 4.79 Å². The van der Waals surface area contributed by atoms with Crippen molar-refractivity contribution >= 4 is 5.78 Å². The van der Waals surface area contributed by atoms with E-state index in [-0.39, 0.29) is 18.5 Å². The molecule has 3 rings (SSSR count). The molecule has 2 aliphatic rings. The summed E-state index contributed by atoms with van der Waals surface area (Å²) in [6.07, 6.45) is 7.04. The van der Waals surface area contributed by atoms with Crippen molar-refractivity contribution in [3.8, 4) is 0 Å². The Kier molecular flexibility index (Phi) is 4.48. The van der Waals surface area contributed by atoms with Gasteiger partial charge in [0.25, 0.3) is 0 Å². The van der Waals surface area contributed by atoms with Gasteiger partial charge in [-0.25, -0.2) is 0 Å². The molecule has 0 amide bonds. The van der Waals surface area contributed by atoms with Gasteiger partial charge in [-0.2, -0.15) is 0 Å². The minimum Gasteiger partial charge on any atom is -0.376 e. The second-order valence-electron chi connectivity index (χ2n) is 5.76. The summed E-state index contributed by atoms with van der Waals surface area (Å²) in [6, 6.07) is 6.08. The van der Waals surface area contributed by atoms with Crippen molar-refractivity contribution in [3.63, 3.8) is 0 Å². The Balaban J connectivity index is 1.49. The Hall–Kier alpha value is -1.19. The van der Waals surface area contributed by atoms with Crippen molar-refractivity contribution < 1.29 is 14.3 Å². The van der Waals surface area contributed by atoms with E-state index < -0.39 is 0 Å². The summed E-state index contributed by atoms with van der Waals surface area (Å²) in [7, 11) is 0. The Labute approximate surface area is 120 Å². The normalized spacial score (nSPS) is 21.7. The van der Waals surface area contributed by atoms with Crippen molar-refractivity contribution in [3.05, 3.63) is 34.9 Å². The molecule has 0 N–H and O–H groups in total. The van der Waals surface area contributed by atoms with E-state index in [1.807, 2.05) is 12.1 Å². The molecule has 1 aromatic carbocycles. The van der Waals surface area contributed by atoms with Crippen LogP contribution >= 0.6 is 0 Å². The minimum absolute atomic E-state index is 0.0792. The average molecular weight is 274 g/mol. The van der Waals surface area contributed by atoms with E-state index in [1.54, 1.807) is 0 Å². The number of hydrogen-bond donors (Lipinski definition) is 0. The van der Waals surface area contributed by atoms with Crippen LogP contribution in [0, 0.1) is 0 Å². The van der Waals surface area contributed by atoms with Gasteiger partial charge < -0.3 is 9.47 Å². The van der Waals surface area contributed by atoms with Gasteiger partial charge in [-0.15, -0.1) is 0 Å². The highest BCUT2D eigenvalue weighted by atomic mass is 16.5. The number of benzene rings is 1. The van der Waals surface area contributed by atoms with Crippen LogP contribution in [0.15, 0.2) is 18.2 Å². The topological polar surface area (TPSA) is 35.5 Å². The molecular weight excluding hydrogens is 252 g/mol. The lowest BCUT2D eigenvalue weighted by atomic mass is 10.0. The van der Waals surface area contributed by atoms with Crippen LogP contribution in [0.1, 0.15) is 47.2 Å². The van der Waals surface area contributed by atoms with Gasteiger partial charge in [0.1, 0.15) is 6.61 Å². The molecule has 0 spiro atoms. The summed E-state index contributed by atoms with van der Waals surface area (Å²) >= 11 is 0. The van der Waals surface area contributed by atoms with E-state index in [1.165, 1.54) is 24.0 Å². The highest BCUT2D eigenvalue weighted by molar-refractivity contribution is 5.97. The third-order valence-corrected chi connectivity index (χ3v) is 4.23. The van der Waals surface area contributed by atoms with Crippen molar-refractivity contribution in [2.45, 2.75) is 44.6 Å². The van der Waals surface area contributed by atoms with Gasteiger partial charge in [-0.1, -0.05) is 12.1 Å². The summed E-state index contributed by atoms with van der Waals surface area (Å²) in [5.74, 6) is 0.0792. The van der Waals surface area contributed by atoms with E-state index in [9.17, 15) is 4.79 Å². The Morgan fingerprint density at radius 2 is 2.10 bits per heavy atom. The van der Waals surface area contributed by atoms with E-state index in [2.05, 4.69) is 6.07 Å². The number of carbonyl (C=O) groups is 1. The lowest BCUT2D eigenvalue weighted by molar-refractivity contribution is -0.0370. The van der Waals surface area contributed by atoms with Crippen LogP contribution in [0.4, 0.5) is 0 Å². The fraction of sp³-hybridized carbons (Fsp3) is 0.588. The van der Waals surface area contributed by atoms with E-state index in [0.717, 1.165) is 37.9 Å². The second kappa shape index (κ2) is 6.51. The van der Waals surface area contributed by atoms with Crippen LogP contribution in [0.5, 0.6) is 0 Å². The van der Waals surface area contributed by atoms with Crippen molar-refractivity contribution in [1.29, 1.82) is 0 Å². The molecule has 1 aliphatic carbocycles. The zero-order valence-electron chi connectivity index (χ0n) is 11.9. The summed E-state index contributed by atoms with van der Waals surface area (Å²) < 4.78 is 11.1. The Bertz CT molecular complexity index is 475. The molecule has 0 aromatic heterocycles. The van der Waals surface area contributed by atoms with E-state index in [4.69, 9.17) is 9.47 Å². The van der Waals surface area contributed by atoms with E-state index >= 15 is 0 Å². The fourth-order valence-corrected chi connectivity index (χ4v) is 3.05. The van der Waals surface area contributed by atoms with Gasteiger partial charge in [-0.05, 0) is 55.7 Å². The maximum atomic E-state index is 12.1. The number of hydrogen-bond acceptors (Lipinski definition) is 3. The maximum Gasteiger partial charge on any atom is 0.188 e. The maximum absolute atomic E-state index is 12.1. The predicted molar refractivity (Wildman–Crippen MR) is 77.2 cm³/mol. The monoisotopic (exact) mass is 274 g/mol. The second-order valence-corrected chi connectivity index (χ2v) is 5.76. The summed E-state index contributed by atoms with van der Waals surface area (Å²) in [5.41, 5.74) is 3.53. The SMILES string of the molecule is O=C(COCC1CCCCO1)c1ccc2c(c1)CCC2. The zero-order chi connectivity index (χ0) is 13.8. The van der Waals surface area contributed by atoms with E-state index in [0.29, 0.717) is 6.61 Å². The number of rotatable bonds is 5. The lowest BCUT2D eigenvalue weighted by Crippen LogP contribution is -2.25. The molecule has 3 nitrogen and oxygen atoms in total. The molecule has 20 heavy (non-hydrogen) atoms. The van der Waals surface area contributed by atoms with Crippen LogP contribution in [0.2, 0.25) is 0 Å². The molecular formula is C17H22O3. The van der Waals surface area contributed by atoms with Crippen LogP contribution < -0.4 is 0 Å². The number of fused-ring (bicyclic) bond motifs is 1. The summed E-state index contributed by atoms with van der Waals surface area (Å²) in [4.78, 5) is 12.1. The van der Waals surface area contributed by atoms with Gasteiger partial charge >= 0.3 is 0 Å². The van der Waals surface area contributed by atoms with Crippen molar-refractivity contribution in [2.75, 3.05) is 19.8 Å². The van der Waals surface area contributed by atoms with Crippen LogP contribution in [0.25, 0.3) is 0 Å². The fourth-order valence-electron chi connectivity index (χ4n) is 3.05. The molecule has 1 aromatic rings. The van der Waals surface area contributed by atoms with Crippen LogP contribution in [-0.2, 0) is 22.3 Å². The average Bonchev–Trinajstić information content (AvgIpc) is 2.95. The predicted octanol–water partition coefficient (Wildman–Crippen LogP) is 2.94. The first-order valence-corrected chi connectivity index (χ1v) is 7.67. The lowest BCUT2D eigenvalue weighted by Gasteiger charge is -2.22. The molecule has 3 heteroatoms. The quantitative estimate of drug-likeness (QED) is 0.774. The van der Waals surface area contributed by atoms with Gasteiger partial charge in [0.2, 0.25) is 0 Å². The molecule has 1 saturated heterocycles. The molecule has 0 saturated carbocycles. The first-order chi connectivity index (χ1) is 9.83. The first-order valence-electron chi connectivity index (χ1n) is 7.67. The van der Waals surface area contributed by atoms with Gasteiger partial charge in [0.15, 0.2) is 5.78 Å². The van der Waals surface area contributed by atoms with Crippen LogP contribution in [0.3, 0.4) is 0 Å². The Morgan fingerprint density at radius 1 is 1.20 bits per heavy atom. The molecule has 1 unspecified atom stereocenters. The summed E-state index contributed by atoms with van der Waals surface area (Å²) in [6.45, 7) is 1.53. The molecule has 1 fully saturated rings. The highest BCUT2D eigenvalue weighted by Crippen LogP contribution is 2.23. The number of ether oxygens (including phenoxy) is 2. The standard InChI is InChI=1S/C17H22O3/c18-17(12-19-11-16-6-1-2-9-20-16)15-8-7-13-4-3-5-14(13)10-15/h7-8,10,16H,1-6,9,11-12H2. The smallest absolute Gasteiger partial charge is 0.188 e. The number of Topliss-reactive ketones (excluding diaryl/α,β-unsaturated/α-hetero) is 1. The summed E-state index contributed by atoms with van der Waals surface area (Å²) in [5, 5.41) is 0. The molecule has 0 radical (unpaired) electrons. The number of ketones is 1. The molecule has 1 atom stereocenters. The van der Waals surface area contributed by atoms with Gasteiger partial charge in [0.05, 0.1) is 12.7 Å². The molecule has 108 valence electrons. The number of aryl methyl sites for hydroxylation is 2. The largest absolute Gasteiger partial charge is 0.376 e. The first kappa shape index (κ1) is 13.8. The molecule has 1 aliphatic heterocycles. The van der Waals surface area contributed by atoms with Crippen molar-refractivity contribution in [1.82, 2.24) is 0 Å². The highest BCUT2D eigenvalue weighted by Gasteiger charge is 2.16. The van der Waals surface area contributed by atoms with Gasteiger partial charge in [0, 0.05) is 12.2 Å². The third kappa shape index (κ3) is 3.28. The zero-order valence-corrected chi connectivity index (χ0v) is 11.9. The van der Waals surface area contributed by atoms with Crippen molar-refractivity contribution in [2.24, 2.45) is 0 Å².